The fourth-order valence-corrected chi connectivity index (χ4v) is 3.95. The second kappa shape index (κ2) is 9.10. The maximum absolute atomic E-state index is 13.3. The van der Waals surface area contributed by atoms with E-state index in [0.29, 0.717) is 37.4 Å². The van der Waals surface area contributed by atoms with Gasteiger partial charge in [-0.25, -0.2) is 4.79 Å². The summed E-state index contributed by atoms with van der Waals surface area (Å²) in [6, 6.07) is 15.4. The molecular formula is C26H30N4O3. The number of hydrogen-bond acceptors (Lipinski definition) is 5. The molecule has 0 saturated carbocycles. The van der Waals surface area contributed by atoms with Gasteiger partial charge in [0, 0.05) is 43.4 Å². The summed E-state index contributed by atoms with van der Waals surface area (Å²) >= 11 is 0. The lowest BCUT2D eigenvalue weighted by Gasteiger charge is -2.37. The maximum Gasteiger partial charge on any atom is 0.410 e. The topological polar surface area (TPSA) is 74.8 Å². The van der Waals surface area contributed by atoms with Crippen LogP contribution in [0.3, 0.4) is 0 Å². The Balaban J connectivity index is 1.52. The normalized spacial score (nSPS) is 14.3. The first-order valence-electron chi connectivity index (χ1n) is 11.2. The molecular weight excluding hydrogens is 416 g/mol. The molecule has 1 saturated heterocycles. The number of para-hydroxylation sites is 1. The van der Waals surface area contributed by atoms with Crippen molar-refractivity contribution < 1.29 is 14.3 Å². The number of benzene rings is 2. The third kappa shape index (κ3) is 5.25. The Morgan fingerprint density at radius 3 is 2.45 bits per heavy atom. The molecule has 33 heavy (non-hydrogen) atoms. The fourth-order valence-electron chi connectivity index (χ4n) is 3.95. The highest BCUT2D eigenvalue weighted by Gasteiger charge is 2.27. The van der Waals surface area contributed by atoms with E-state index in [-0.39, 0.29) is 12.0 Å². The molecule has 2 aromatic carbocycles. The number of fused-ring (bicyclic) bond motifs is 1. The van der Waals surface area contributed by atoms with Gasteiger partial charge >= 0.3 is 6.09 Å². The van der Waals surface area contributed by atoms with E-state index in [1.807, 2.05) is 76.2 Å². The van der Waals surface area contributed by atoms with Gasteiger partial charge in [0.2, 0.25) is 0 Å². The first kappa shape index (κ1) is 22.6. The van der Waals surface area contributed by atoms with Gasteiger partial charge in [-0.2, -0.15) is 0 Å². The molecule has 0 radical (unpaired) electrons. The molecule has 1 aromatic heterocycles. The second-order valence-electron chi connectivity index (χ2n) is 9.31. The van der Waals surface area contributed by atoms with E-state index in [0.717, 1.165) is 22.2 Å². The largest absolute Gasteiger partial charge is 0.444 e. The number of rotatable bonds is 3. The summed E-state index contributed by atoms with van der Waals surface area (Å²) in [4.78, 5) is 34.0. The smallest absolute Gasteiger partial charge is 0.410 e. The van der Waals surface area contributed by atoms with Crippen LogP contribution in [-0.4, -0.2) is 53.7 Å². The average Bonchev–Trinajstić information content (AvgIpc) is 2.78. The van der Waals surface area contributed by atoms with E-state index in [4.69, 9.17) is 4.74 Å². The molecule has 1 N–H and O–H groups in total. The van der Waals surface area contributed by atoms with Crippen LogP contribution in [0.2, 0.25) is 0 Å². The summed E-state index contributed by atoms with van der Waals surface area (Å²) in [7, 11) is 0. The van der Waals surface area contributed by atoms with Crippen molar-refractivity contribution in [3.05, 3.63) is 65.9 Å². The molecule has 0 spiro atoms. The number of aromatic nitrogens is 1. The van der Waals surface area contributed by atoms with Crippen molar-refractivity contribution >= 4 is 34.3 Å². The number of piperazine rings is 1. The van der Waals surface area contributed by atoms with E-state index in [1.54, 1.807) is 11.1 Å². The Morgan fingerprint density at radius 2 is 1.73 bits per heavy atom. The van der Waals surface area contributed by atoms with Gasteiger partial charge in [0.05, 0.1) is 16.8 Å². The van der Waals surface area contributed by atoms with Gasteiger partial charge in [0.1, 0.15) is 5.60 Å². The monoisotopic (exact) mass is 446 g/mol. The van der Waals surface area contributed by atoms with Crippen LogP contribution in [-0.2, 0) is 4.74 Å². The van der Waals surface area contributed by atoms with Crippen molar-refractivity contribution in [3.63, 3.8) is 0 Å². The number of carbonyl (C=O) groups is 2. The van der Waals surface area contributed by atoms with Gasteiger partial charge in [-0.3, -0.25) is 9.78 Å². The van der Waals surface area contributed by atoms with Crippen molar-refractivity contribution in [2.75, 3.05) is 36.4 Å². The maximum atomic E-state index is 13.3. The molecule has 1 aliphatic rings. The van der Waals surface area contributed by atoms with Crippen LogP contribution in [0.4, 0.5) is 16.2 Å². The van der Waals surface area contributed by atoms with Crippen molar-refractivity contribution in [1.82, 2.24) is 9.88 Å². The van der Waals surface area contributed by atoms with Gasteiger partial charge in [-0.15, -0.1) is 0 Å². The van der Waals surface area contributed by atoms with Crippen molar-refractivity contribution in [3.8, 4) is 0 Å². The van der Waals surface area contributed by atoms with Crippen LogP contribution >= 0.6 is 0 Å². The zero-order valence-corrected chi connectivity index (χ0v) is 19.6. The van der Waals surface area contributed by atoms with Crippen molar-refractivity contribution in [2.24, 2.45) is 0 Å². The number of carbonyl (C=O) groups excluding carboxylic acids is 2. The van der Waals surface area contributed by atoms with E-state index in [2.05, 4.69) is 15.2 Å². The van der Waals surface area contributed by atoms with Crippen molar-refractivity contribution in [1.29, 1.82) is 0 Å². The lowest BCUT2D eigenvalue weighted by atomic mass is 10.1. The number of pyridine rings is 1. The number of amides is 2. The van der Waals surface area contributed by atoms with Gasteiger partial charge in [0.25, 0.3) is 5.91 Å². The van der Waals surface area contributed by atoms with Crippen molar-refractivity contribution in [2.45, 2.75) is 33.3 Å². The van der Waals surface area contributed by atoms with Gasteiger partial charge in [-0.1, -0.05) is 24.3 Å². The Morgan fingerprint density at radius 1 is 1.00 bits per heavy atom. The molecule has 1 aliphatic heterocycles. The van der Waals surface area contributed by atoms with Crippen LogP contribution in [0.25, 0.3) is 10.9 Å². The predicted octanol–water partition coefficient (Wildman–Crippen LogP) is 4.85. The van der Waals surface area contributed by atoms with E-state index in [9.17, 15) is 9.59 Å². The number of aryl methyl sites for hydroxylation is 1. The molecule has 4 rings (SSSR count). The summed E-state index contributed by atoms with van der Waals surface area (Å²) in [5.41, 5.74) is 3.45. The van der Waals surface area contributed by atoms with Crippen LogP contribution in [0.1, 0.15) is 36.7 Å². The van der Waals surface area contributed by atoms with Gasteiger partial charge in [-0.05, 0) is 57.5 Å². The molecule has 3 aromatic rings. The Kier molecular flexibility index (Phi) is 6.22. The predicted molar refractivity (Wildman–Crippen MR) is 131 cm³/mol. The lowest BCUT2D eigenvalue weighted by molar-refractivity contribution is 0.0240. The highest BCUT2D eigenvalue weighted by molar-refractivity contribution is 6.11. The first-order chi connectivity index (χ1) is 15.7. The molecule has 2 heterocycles. The minimum atomic E-state index is -0.521. The van der Waals surface area contributed by atoms with Crippen LogP contribution in [0.15, 0.2) is 54.7 Å². The number of ether oxygens (including phenoxy) is 1. The van der Waals surface area contributed by atoms with E-state index in [1.165, 1.54) is 0 Å². The molecule has 7 heteroatoms. The molecule has 7 nitrogen and oxygen atoms in total. The summed E-state index contributed by atoms with van der Waals surface area (Å²) in [5.74, 6) is -0.183. The number of nitrogens with one attached hydrogen (secondary N) is 1. The quantitative estimate of drug-likeness (QED) is 0.622. The summed E-state index contributed by atoms with van der Waals surface area (Å²) in [5, 5.41) is 4.01. The zero-order chi connectivity index (χ0) is 23.6. The molecule has 0 aliphatic carbocycles. The van der Waals surface area contributed by atoms with E-state index < -0.39 is 5.60 Å². The number of nitrogens with zero attached hydrogens (tertiary/aromatic N) is 3. The number of hydrogen-bond donors (Lipinski definition) is 1. The SMILES string of the molecule is Cc1ccc(C(=O)Nc2cccc3cccnc23)c(N2CCN(C(=O)OC(C)(C)C)CC2)c1. The minimum Gasteiger partial charge on any atom is -0.444 e. The highest BCUT2D eigenvalue weighted by Crippen LogP contribution is 2.27. The number of anilines is 2. The highest BCUT2D eigenvalue weighted by atomic mass is 16.6. The van der Waals surface area contributed by atoms with Crippen LogP contribution in [0.5, 0.6) is 0 Å². The molecule has 1 fully saturated rings. The summed E-state index contributed by atoms with van der Waals surface area (Å²) in [6.45, 7) is 9.93. The second-order valence-corrected chi connectivity index (χ2v) is 9.31. The summed E-state index contributed by atoms with van der Waals surface area (Å²) < 4.78 is 5.50. The molecule has 0 atom stereocenters. The van der Waals surface area contributed by atoms with E-state index >= 15 is 0 Å². The molecule has 172 valence electrons. The molecule has 0 unspecified atom stereocenters. The Labute approximate surface area is 194 Å². The van der Waals surface area contributed by atoms with Crippen LogP contribution in [0, 0.1) is 6.92 Å². The average molecular weight is 447 g/mol. The summed E-state index contributed by atoms with van der Waals surface area (Å²) in [6.07, 6.45) is 1.42. The van der Waals surface area contributed by atoms with Gasteiger partial charge in [0.15, 0.2) is 0 Å². The molecule has 0 bridgehead atoms. The van der Waals surface area contributed by atoms with Crippen LogP contribution < -0.4 is 10.2 Å². The zero-order valence-electron chi connectivity index (χ0n) is 19.6. The molecule has 2 amide bonds. The first-order valence-corrected chi connectivity index (χ1v) is 11.2. The standard InChI is InChI=1S/C26H30N4O3/c1-18-10-11-20(24(31)28-21-9-5-7-19-8-6-12-27-23(19)21)22(17-18)29-13-15-30(16-14-29)25(32)33-26(2,3)4/h5-12,17H,13-16H2,1-4H3,(H,28,31). The third-order valence-corrected chi connectivity index (χ3v) is 5.55. The minimum absolute atomic E-state index is 0.183. The van der Waals surface area contributed by atoms with Gasteiger partial charge < -0.3 is 19.9 Å². The fraction of sp³-hybridized carbons (Fsp3) is 0.346. The third-order valence-electron chi connectivity index (χ3n) is 5.55. The Hall–Kier alpha value is -3.61. The Bertz CT molecular complexity index is 1170. The lowest BCUT2D eigenvalue weighted by Crippen LogP contribution is -2.50.